The highest BCUT2D eigenvalue weighted by Gasteiger charge is 2.30. The van der Waals surface area contributed by atoms with E-state index < -0.39 is 0 Å². The van der Waals surface area contributed by atoms with E-state index in [1.54, 1.807) is 12.1 Å². The van der Waals surface area contributed by atoms with E-state index in [0.29, 0.717) is 36.8 Å². The molecule has 1 aliphatic carbocycles. The van der Waals surface area contributed by atoms with Gasteiger partial charge in [0.2, 0.25) is 0 Å². The van der Waals surface area contributed by atoms with Crippen molar-refractivity contribution in [3.63, 3.8) is 0 Å². The van der Waals surface area contributed by atoms with Crippen LogP contribution in [0.2, 0.25) is 0 Å². The number of nitriles is 1. The van der Waals surface area contributed by atoms with Gasteiger partial charge in [-0.3, -0.25) is 4.79 Å². The van der Waals surface area contributed by atoms with E-state index in [2.05, 4.69) is 16.3 Å². The third-order valence-electron chi connectivity index (χ3n) is 3.39. The molecule has 0 radical (unpaired) electrons. The second-order valence-electron chi connectivity index (χ2n) is 4.97. The van der Waals surface area contributed by atoms with Crippen LogP contribution in [0.25, 0.3) is 0 Å². The Bertz CT molecular complexity index is 531. The van der Waals surface area contributed by atoms with Gasteiger partial charge in [-0.1, -0.05) is 0 Å². The van der Waals surface area contributed by atoms with Crippen molar-refractivity contribution in [3.8, 4) is 6.07 Å². The summed E-state index contributed by atoms with van der Waals surface area (Å²) in [5, 5.41) is 11.5. The summed E-state index contributed by atoms with van der Waals surface area (Å²) >= 11 is 0. The minimum absolute atomic E-state index is 0.110. The van der Waals surface area contributed by atoms with Crippen LogP contribution in [0, 0.1) is 11.3 Å². The summed E-state index contributed by atoms with van der Waals surface area (Å²) in [7, 11) is 0. The van der Waals surface area contributed by atoms with Gasteiger partial charge in [-0.15, -0.1) is 0 Å². The Hall–Kier alpha value is -2.22. The number of carbonyl (C=O) groups is 1. The van der Waals surface area contributed by atoms with E-state index in [4.69, 9.17) is 11.0 Å². The molecule has 0 aliphatic heterocycles. The van der Waals surface area contributed by atoms with Gasteiger partial charge in [0.15, 0.2) is 0 Å². The van der Waals surface area contributed by atoms with Crippen molar-refractivity contribution in [2.75, 3.05) is 23.7 Å². The maximum Gasteiger partial charge on any atom is 0.251 e. The number of nitrogen functional groups attached to an aromatic ring is 1. The molecular formula is C15H20N4O. The highest BCUT2D eigenvalue weighted by atomic mass is 16.1. The molecule has 5 heteroatoms. The van der Waals surface area contributed by atoms with Crippen molar-refractivity contribution < 1.29 is 4.79 Å². The second-order valence-corrected chi connectivity index (χ2v) is 4.97. The lowest BCUT2D eigenvalue weighted by Gasteiger charge is -2.25. The third-order valence-corrected chi connectivity index (χ3v) is 3.39. The van der Waals surface area contributed by atoms with Gasteiger partial charge >= 0.3 is 0 Å². The Morgan fingerprint density at radius 2 is 2.30 bits per heavy atom. The molecule has 20 heavy (non-hydrogen) atoms. The summed E-state index contributed by atoms with van der Waals surface area (Å²) in [6.45, 7) is 3.16. The number of benzene rings is 1. The fourth-order valence-corrected chi connectivity index (χ4v) is 2.28. The summed E-state index contributed by atoms with van der Waals surface area (Å²) in [5.74, 6) is -0.110. The van der Waals surface area contributed by atoms with Crippen LogP contribution in [-0.4, -0.2) is 25.0 Å². The molecule has 1 fully saturated rings. The van der Waals surface area contributed by atoms with Gasteiger partial charge in [0.1, 0.15) is 0 Å². The fraction of sp³-hybridized carbons (Fsp3) is 0.467. The van der Waals surface area contributed by atoms with Crippen LogP contribution in [-0.2, 0) is 0 Å². The lowest BCUT2D eigenvalue weighted by molar-refractivity contribution is 0.0956. The Kier molecular flexibility index (Phi) is 4.46. The summed E-state index contributed by atoms with van der Waals surface area (Å²) in [6, 6.07) is 8.04. The smallest absolute Gasteiger partial charge is 0.251 e. The average molecular weight is 272 g/mol. The average Bonchev–Trinajstić information content (AvgIpc) is 3.25. The zero-order valence-electron chi connectivity index (χ0n) is 11.7. The Labute approximate surface area is 119 Å². The SMILES string of the molecule is CCNC(=O)c1ccc(N(CCC#N)C2CC2)c(N)c1. The first-order valence-corrected chi connectivity index (χ1v) is 6.98. The molecule has 0 unspecified atom stereocenters. The van der Waals surface area contributed by atoms with Gasteiger partial charge in [0.05, 0.1) is 23.9 Å². The molecule has 5 nitrogen and oxygen atoms in total. The Balaban J connectivity index is 2.19. The highest BCUT2D eigenvalue weighted by molar-refractivity contribution is 5.96. The van der Waals surface area contributed by atoms with Crippen LogP contribution in [0.15, 0.2) is 18.2 Å². The molecule has 106 valence electrons. The summed E-state index contributed by atoms with van der Waals surface area (Å²) in [6.07, 6.45) is 2.76. The fourth-order valence-electron chi connectivity index (χ4n) is 2.28. The zero-order valence-corrected chi connectivity index (χ0v) is 11.7. The number of carbonyl (C=O) groups excluding carboxylic acids is 1. The van der Waals surface area contributed by atoms with Crippen molar-refractivity contribution in [1.82, 2.24) is 5.32 Å². The normalized spacial score (nSPS) is 13.6. The topological polar surface area (TPSA) is 82.2 Å². The van der Waals surface area contributed by atoms with Crippen LogP contribution < -0.4 is 16.0 Å². The monoisotopic (exact) mass is 272 g/mol. The van der Waals surface area contributed by atoms with Crippen molar-refractivity contribution in [1.29, 1.82) is 5.26 Å². The highest BCUT2D eigenvalue weighted by Crippen LogP contribution is 2.35. The van der Waals surface area contributed by atoms with Crippen molar-refractivity contribution in [3.05, 3.63) is 23.8 Å². The van der Waals surface area contributed by atoms with E-state index in [9.17, 15) is 4.79 Å². The maximum atomic E-state index is 11.8. The van der Waals surface area contributed by atoms with Gasteiger partial charge in [0.25, 0.3) is 5.91 Å². The van der Waals surface area contributed by atoms with E-state index in [1.807, 2.05) is 13.0 Å². The van der Waals surface area contributed by atoms with E-state index in [-0.39, 0.29) is 5.91 Å². The molecular weight excluding hydrogens is 252 g/mol. The van der Waals surface area contributed by atoms with E-state index in [0.717, 1.165) is 18.5 Å². The van der Waals surface area contributed by atoms with Gasteiger partial charge in [-0.05, 0) is 38.0 Å². The molecule has 1 aromatic carbocycles. The van der Waals surface area contributed by atoms with Crippen molar-refractivity contribution in [2.45, 2.75) is 32.2 Å². The van der Waals surface area contributed by atoms with Crippen LogP contribution in [0.3, 0.4) is 0 Å². The quantitative estimate of drug-likeness (QED) is 0.775. The van der Waals surface area contributed by atoms with Gasteiger partial charge in [-0.2, -0.15) is 5.26 Å². The van der Waals surface area contributed by atoms with Gasteiger partial charge < -0.3 is 16.0 Å². The Morgan fingerprint density at radius 3 is 2.85 bits per heavy atom. The molecule has 1 aliphatic rings. The van der Waals surface area contributed by atoms with Crippen molar-refractivity contribution in [2.24, 2.45) is 0 Å². The van der Waals surface area contributed by atoms with Gasteiger partial charge in [-0.25, -0.2) is 0 Å². The second kappa shape index (κ2) is 6.29. The molecule has 0 atom stereocenters. The third kappa shape index (κ3) is 3.21. The number of nitrogens with one attached hydrogen (secondary N) is 1. The lowest BCUT2D eigenvalue weighted by Crippen LogP contribution is -2.28. The zero-order chi connectivity index (χ0) is 14.5. The van der Waals surface area contributed by atoms with Crippen molar-refractivity contribution >= 4 is 17.3 Å². The summed E-state index contributed by atoms with van der Waals surface area (Å²) in [4.78, 5) is 14.0. The van der Waals surface area contributed by atoms with Crippen LogP contribution >= 0.6 is 0 Å². The molecule has 0 heterocycles. The van der Waals surface area contributed by atoms with Crippen LogP contribution in [0.1, 0.15) is 36.5 Å². The first-order chi connectivity index (χ1) is 9.67. The molecule has 0 saturated heterocycles. The predicted molar refractivity (Wildman–Crippen MR) is 79.5 cm³/mol. The summed E-state index contributed by atoms with van der Waals surface area (Å²) in [5.41, 5.74) is 8.18. The molecule has 3 N–H and O–H groups in total. The number of rotatable bonds is 6. The van der Waals surface area contributed by atoms with Crippen LogP contribution in [0.5, 0.6) is 0 Å². The molecule has 0 aromatic heterocycles. The molecule has 1 amide bonds. The number of hydrogen-bond donors (Lipinski definition) is 2. The molecule has 0 spiro atoms. The number of hydrogen-bond acceptors (Lipinski definition) is 4. The number of anilines is 2. The minimum Gasteiger partial charge on any atom is -0.397 e. The summed E-state index contributed by atoms with van der Waals surface area (Å²) < 4.78 is 0. The predicted octanol–water partition coefficient (Wildman–Crippen LogP) is 1.90. The molecule has 2 rings (SSSR count). The van der Waals surface area contributed by atoms with Crippen LogP contribution in [0.4, 0.5) is 11.4 Å². The largest absolute Gasteiger partial charge is 0.397 e. The maximum absolute atomic E-state index is 11.8. The van der Waals surface area contributed by atoms with E-state index in [1.165, 1.54) is 0 Å². The molecule has 0 bridgehead atoms. The number of nitrogens with two attached hydrogens (primary N) is 1. The lowest BCUT2D eigenvalue weighted by atomic mass is 10.1. The minimum atomic E-state index is -0.110. The first kappa shape index (κ1) is 14.2. The number of nitrogens with zero attached hydrogens (tertiary/aromatic N) is 2. The molecule has 1 aromatic rings. The van der Waals surface area contributed by atoms with E-state index >= 15 is 0 Å². The first-order valence-electron chi connectivity index (χ1n) is 6.98. The Morgan fingerprint density at radius 1 is 1.55 bits per heavy atom. The van der Waals surface area contributed by atoms with Gasteiger partial charge in [0, 0.05) is 24.7 Å². The number of amides is 1. The molecule has 1 saturated carbocycles. The standard InChI is InChI=1S/C15H20N4O/c1-2-18-15(20)11-4-7-14(13(17)10-11)19(9-3-8-16)12-5-6-12/h4,7,10,12H,2-3,5-6,9,17H2,1H3,(H,18,20).